The van der Waals surface area contributed by atoms with E-state index in [9.17, 15) is 13.2 Å². The molecule has 1 heterocycles. The standard InChI is InChI=1S/C19H20N4O3S/c1-27(25,26)22-17-7-5-6-15(14-17)19(24)20-12-10-16-11-13-23(21-16)18-8-3-2-4-9-18/h2-9,11,13-14,22H,10,12H2,1H3,(H,20,24). The summed E-state index contributed by atoms with van der Waals surface area (Å²) >= 11 is 0. The van der Waals surface area contributed by atoms with Gasteiger partial charge in [0.1, 0.15) is 0 Å². The van der Waals surface area contributed by atoms with Crippen LogP contribution in [-0.4, -0.2) is 36.9 Å². The molecule has 8 heteroatoms. The summed E-state index contributed by atoms with van der Waals surface area (Å²) in [5.41, 5.74) is 2.58. The van der Waals surface area contributed by atoms with Crippen LogP contribution in [0.25, 0.3) is 5.69 Å². The average Bonchev–Trinajstić information content (AvgIpc) is 3.10. The van der Waals surface area contributed by atoms with Gasteiger partial charge in [0.05, 0.1) is 17.6 Å². The van der Waals surface area contributed by atoms with Crippen molar-refractivity contribution in [2.75, 3.05) is 17.5 Å². The van der Waals surface area contributed by atoms with Gasteiger partial charge in [-0.3, -0.25) is 9.52 Å². The molecule has 0 aliphatic rings. The van der Waals surface area contributed by atoms with Gasteiger partial charge in [-0.25, -0.2) is 13.1 Å². The van der Waals surface area contributed by atoms with Crippen LogP contribution < -0.4 is 10.0 Å². The average molecular weight is 384 g/mol. The lowest BCUT2D eigenvalue weighted by Crippen LogP contribution is -2.26. The Balaban J connectivity index is 1.56. The minimum absolute atomic E-state index is 0.269. The van der Waals surface area contributed by atoms with E-state index in [1.54, 1.807) is 22.9 Å². The molecule has 3 rings (SSSR count). The first-order chi connectivity index (χ1) is 12.9. The summed E-state index contributed by atoms with van der Waals surface area (Å²) in [6.07, 6.45) is 3.54. The van der Waals surface area contributed by atoms with E-state index in [2.05, 4.69) is 15.1 Å². The summed E-state index contributed by atoms with van der Waals surface area (Å²) in [6.45, 7) is 0.425. The van der Waals surface area contributed by atoms with Gasteiger partial charge in [0.15, 0.2) is 0 Å². The van der Waals surface area contributed by atoms with Crippen molar-refractivity contribution in [3.05, 3.63) is 78.1 Å². The number of nitrogens with zero attached hydrogens (tertiary/aromatic N) is 2. The molecule has 0 fully saturated rings. The zero-order chi connectivity index (χ0) is 19.3. The number of hydrogen-bond donors (Lipinski definition) is 2. The third-order valence-electron chi connectivity index (χ3n) is 3.76. The quantitative estimate of drug-likeness (QED) is 0.653. The summed E-state index contributed by atoms with van der Waals surface area (Å²) in [4.78, 5) is 12.3. The molecule has 27 heavy (non-hydrogen) atoms. The van der Waals surface area contributed by atoms with Crippen molar-refractivity contribution < 1.29 is 13.2 Å². The van der Waals surface area contributed by atoms with Crippen LogP contribution in [0.1, 0.15) is 16.1 Å². The molecule has 0 aliphatic carbocycles. The fourth-order valence-electron chi connectivity index (χ4n) is 2.56. The van der Waals surface area contributed by atoms with Crippen LogP contribution in [0.5, 0.6) is 0 Å². The first kappa shape index (κ1) is 18.7. The zero-order valence-corrected chi connectivity index (χ0v) is 15.6. The third kappa shape index (κ3) is 5.42. The number of anilines is 1. The SMILES string of the molecule is CS(=O)(=O)Nc1cccc(C(=O)NCCc2ccn(-c3ccccc3)n2)c1. The predicted octanol–water partition coefficient (Wildman–Crippen LogP) is 2.22. The monoisotopic (exact) mass is 384 g/mol. The number of benzene rings is 2. The van der Waals surface area contributed by atoms with Crippen molar-refractivity contribution in [1.29, 1.82) is 0 Å². The first-order valence-electron chi connectivity index (χ1n) is 8.37. The maximum atomic E-state index is 12.3. The summed E-state index contributed by atoms with van der Waals surface area (Å²) in [7, 11) is -3.39. The topological polar surface area (TPSA) is 93.1 Å². The number of carbonyl (C=O) groups is 1. The molecule has 0 spiro atoms. The van der Waals surface area contributed by atoms with E-state index < -0.39 is 10.0 Å². The number of para-hydroxylation sites is 1. The number of aromatic nitrogens is 2. The molecule has 0 aliphatic heterocycles. The number of carbonyl (C=O) groups excluding carboxylic acids is 1. The lowest BCUT2D eigenvalue weighted by atomic mass is 10.2. The van der Waals surface area contributed by atoms with Crippen LogP contribution >= 0.6 is 0 Å². The van der Waals surface area contributed by atoms with Gasteiger partial charge in [-0.1, -0.05) is 24.3 Å². The van der Waals surface area contributed by atoms with E-state index >= 15 is 0 Å². The molecule has 0 radical (unpaired) electrons. The second-order valence-corrected chi connectivity index (χ2v) is 7.80. The van der Waals surface area contributed by atoms with Crippen molar-refractivity contribution in [1.82, 2.24) is 15.1 Å². The highest BCUT2D eigenvalue weighted by molar-refractivity contribution is 7.92. The van der Waals surface area contributed by atoms with Gasteiger partial charge in [0.2, 0.25) is 10.0 Å². The van der Waals surface area contributed by atoms with Crippen LogP contribution in [0.2, 0.25) is 0 Å². The fourth-order valence-corrected chi connectivity index (χ4v) is 3.12. The molecule has 0 atom stereocenters. The minimum atomic E-state index is -3.39. The fraction of sp³-hybridized carbons (Fsp3) is 0.158. The van der Waals surface area contributed by atoms with Gasteiger partial charge in [0, 0.05) is 30.4 Å². The van der Waals surface area contributed by atoms with Crippen LogP contribution in [0.15, 0.2) is 66.9 Å². The van der Waals surface area contributed by atoms with E-state index in [1.807, 2.05) is 42.6 Å². The maximum absolute atomic E-state index is 12.3. The number of rotatable bonds is 7. The highest BCUT2D eigenvalue weighted by atomic mass is 32.2. The van der Waals surface area contributed by atoms with Crippen molar-refractivity contribution in [2.24, 2.45) is 0 Å². The predicted molar refractivity (Wildman–Crippen MR) is 105 cm³/mol. The molecular formula is C19H20N4O3S. The van der Waals surface area contributed by atoms with Gasteiger partial charge in [-0.05, 0) is 36.4 Å². The Morgan fingerprint density at radius 2 is 1.85 bits per heavy atom. The summed E-state index contributed by atoms with van der Waals surface area (Å²) in [5, 5.41) is 7.31. The van der Waals surface area contributed by atoms with E-state index in [4.69, 9.17) is 0 Å². The van der Waals surface area contributed by atoms with Gasteiger partial charge >= 0.3 is 0 Å². The lowest BCUT2D eigenvalue weighted by Gasteiger charge is -2.07. The Morgan fingerprint density at radius 1 is 1.07 bits per heavy atom. The number of sulfonamides is 1. The zero-order valence-electron chi connectivity index (χ0n) is 14.8. The van der Waals surface area contributed by atoms with Crippen LogP contribution in [0.4, 0.5) is 5.69 Å². The molecular weight excluding hydrogens is 364 g/mol. The Hall–Kier alpha value is -3.13. The van der Waals surface area contributed by atoms with E-state index in [0.717, 1.165) is 17.6 Å². The molecule has 0 bridgehead atoms. The maximum Gasteiger partial charge on any atom is 0.251 e. The van der Waals surface area contributed by atoms with Crippen LogP contribution in [0, 0.1) is 0 Å². The molecule has 7 nitrogen and oxygen atoms in total. The molecule has 1 amide bonds. The Morgan fingerprint density at radius 3 is 2.59 bits per heavy atom. The lowest BCUT2D eigenvalue weighted by molar-refractivity contribution is 0.0954. The van der Waals surface area contributed by atoms with Gasteiger partial charge in [-0.2, -0.15) is 5.10 Å². The smallest absolute Gasteiger partial charge is 0.251 e. The van der Waals surface area contributed by atoms with Crippen molar-refractivity contribution in [3.63, 3.8) is 0 Å². The van der Waals surface area contributed by atoms with Gasteiger partial charge < -0.3 is 5.32 Å². The summed E-state index contributed by atoms with van der Waals surface area (Å²) in [6, 6.07) is 18.0. The third-order valence-corrected chi connectivity index (χ3v) is 4.37. The Labute approximate surface area is 158 Å². The van der Waals surface area contributed by atoms with Crippen LogP contribution in [-0.2, 0) is 16.4 Å². The van der Waals surface area contributed by atoms with Gasteiger partial charge in [-0.15, -0.1) is 0 Å². The second-order valence-electron chi connectivity index (χ2n) is 6.05. The highest BCUT2D eigenvalue weighted by Crippen LogP contribution is 2.12. The van der Waals surface area contributed by atoms with Crippen molar-refractivity contribution in [2.45, 2.75) is 6.42 Å². The molecule has 1 aromatic heterocycles. The molecule has 140 valence electrons. The first-order valence-corrected chi connectivity index (χ1v) is 10.3. The number of amides is 1. The molecule has 0 saturated carbocycles. The Bertz CT molecular complexity index is 1030. The van der Waals surface area contributed by atoms with Crippen LogP contribution in [0.3, 0.4) is 0 Å². The minimum Gasteiger partial charge on any atom is -0.352 e. The molecule has 0 saturated heterocycles. The van der Waals surface area contributed by atoms with E-state index in [-0.39, 0.29) is 5.91 Å². The Kier molecular flexibility index (Phi) is 5.56. The number of hydrogen-bond acceptors (Lipinski definition) is 4. The largest absolute Gasteiger partial charge is 0.352 e. The number of nitrogens with one attached hydrogen (secondary N) is 2. The summed E-state index contributed by atoms with van der Waals surface area (Å²) in [5.74, 6) is -0.269. The van der Waals surface area contributed by atoms with Gasteiger partial charge in [0.25, 0.3) is 5.91 Å². The molecule has 3 aromatic rings. The normalized spacial score (nSPS) is 11.1. The molecule has 2 aromatic carbocycles. The molecule has 0 unspecified atom stereocenters. The molecule has 2 N–H and O–H groups in total. The van der Waals surface area contributed by atoms with Crippen molar-refractivity contribution in [3.8, 4) is 5.69 Å². The highest BCUT2D eigenvalue weighted by Gasteiger charge is 2.08. The summed E-state index contributed by atoms with van der Waals surface area (Å²) < 4.78 is 26.7. The second kappa shape index (κ2) is 8.05. The van der Waals surface area contributed by atoms with Crippen molar-refractivity contribution >= 4 is 21.6 Å². The van der Waals surface area contributed by atoms with E-state index in [1.165, 1.54) is 6.07 Å². The van der Waals surface area contributed by atoms with E-state index in [0.29, 0.717) is 24.2 Å².